The Hall–Kier alpha value is -4.21. The molecule has 188 valence electrons. The van der Waals surface area contributed by atoms with Gasteiger partial charge in [-0.2, -0.15) is 0 Å². The molecular formula is C26H24F3N3O4. The monoisotopic (exact) mass is 499 g/mol. The molecule has 4 rings (SSSR count). The van der Waals surface area contributed by atoms with Crippen molar-refractivity contribution in [3.63, 3.8) is 0 Å². The zero-order chi connectivity index (χ0) is 25.7. The van der Waals surface area contributed by atoms with Gasteiger partial charge in [-0.05, 0) is 66.1 Å². The molecule has 7 nitrogen and oxygen atoms in total. The van der Waals surface area contributed by atoms with Gasteiger partial charge in [0.25, 0.3) is 0 Å². The van der Waals surface area contributed by atoms with Crippen LogP contribution in [-0.4, -0.2) is 38.9 Å². The Kier molecular flexibility index (Phi) is 7.33. The third-order valence-corrected chi connectivity index (χ3v) is 5.53. The second kappa shape index (κ2) is 10.6. The fraction of sp³-hybridized carbons (Fsp3) is 0.231. The van der Waals surface area contributed by atoms with Crippen LogP contribution in [0.2, 0.25) is 0 Å². The second-order valence-corrected chi connectivity index (χ2v) is 7.97. The summed E-state index contributed by atoms with van der Waals surface area (Å²) in [6, 6.07) is 15.6. The van der Waals surface area contributed by atoms with Crippen LogP contribution in [0.4, 0.5) is 29.3 Å². The largest absolute Gasteiger partial charge is 0.573 e. The van der Waals surface area contributed by atoms with E-state index in [1.165, 1.54) is 12.1 Å². The number of carbonyl (C=O) groups excluding carboxylic acids is 1. The van der Waals surface area contributed by atoms with Gasteiger partial charge in [0, 0.05) is 35.6 Å². The van der Waals surface area contributed by atoms with Gasteiger partial charge in [-0.1, -0.05) is 12.1 Å². The molecule has 0 aromatic heterocycles. The number of hydrogen-bond donors (Lipinski definition) is 2. The van der Waals surface area contributed by atoms with Crippen molar-refractivity contribution < 1.29 is 32.2 Å². The van der Waals surface area contributed by atoms with Crippen LogP contribution in [-0.2, 0) is 12.8 Å². The molecule has 1 aliphatic heterocycles. The van der Waals surface area contributed by atoms with Crippen molar-refractivity contribution in [1.82, 2.24) is 0 Å². The number of hydrogen-bond acceptors (Lipinski definition) is 5. The number of amides is 2. The molecule has 0 radical (unpaired) electrons. The van der Waals surface area contributed by atoms with Crippen molar-refractivity contribution in [2.75, 3.05) is 31.4 Å². The van der Waals surface area contributed by atoms with Crippen LogP contribution in [0.5, 0.6) is 17.2 Å². The molecule has 0 saturated heterocycles. The second-order valence-electron chi connectivity index (χ2n) is 7.97. The van der Waals surface area contributed by atoms with Gasteiger partial charge in [-0.15, -0.1) is 13.2 Å². The molecule has 0 fully saturated rings. The number of anilines is 2. The highest BCUT2D eigenvalue weighted by Gasteiger charge is 2.31. The molecule has 2 N–H and O–H groups in total. The molecule has 0 aliphatic carbocycles. The number of alkyl halides is 3. The highest BCUT2D eigenvalue weighted by Crippen LogP contribution is 2.33. The summed E-state index contributed by atoms with van der Waals surface area (Å²) in [7, 11) is 3.21. The van der Waals surface area contributed by atoms with E-state index in [-0.39, 0.29) is 5.75 Å². The average Bonchev–Trinajstić information content (AvgIpc) is 2.85. The van der Waals surface area contributed by atoms with Gasteiger partial charge in [-0.25, -0.2) is 4.79 Å². The number of nitrogens with zero attached hydrogens (tertiary/aromatic N) is 1. The molecule has 36 heavy (non-hydrogen) atoms. The zero-order valence-corrected chi connectivity index (χ0v) is 19.6. The van der Waals surface area contributed by atoms with E-state index >= 15 is 0 Å². The van der Waals surface area contributed by atoms with Gasteiger partial charge < -0.3 is 24.8 Å². The third kappa shape index (κ3) is 6.26. The summed E-state index contributed by atoms with van der Waals surface area (Å²) >= 11 is 0. The van der Waals surface area contributed by atoms with Gasteiger partial charge >= 0.3 is 12.4 Å². The van der Waals surface area contributed by atoms with E-state index in [1.54, 1.807) is 26.4 Å². The van der Waals surface area contributed by atoms with Gasteiger partial charge in [0.2, 0.25) is 0 Å². The molecule has 1 heterocycles. The molecule has 3 aromatic carbocycles. The van der Waals surface area contributed by atoms with E-state index in [0.717, 1.165) is 41.0 Å². The summed E-state index contributed by atoms with van der Waals surface area (Å²) in [6.45, 7) is 0.695. The average molecular weight is 499 g/mol. The smallest absolute Gasteiger partial charge is 0.493 e. The van der Waals surface area contributed by atoms with Gasteiger partial charge in [0.15, 0.2) is 11.5 Å². The molecule has 0 saturated carbocycles. The number of urea groups is 1. The summed E-state index contributed by atoms with van der Waals surface area (Å²) in [5.74, 6) is 0.975. The highest BCUT2D eigenvalue weighted by molar-refractivity contribution is 6.04. The van der Waals surface area contributed by atoms with E-state index < -0.39 is 12.4 Å². The predicted octanol–water partition coefficient (Wildman–Crippen LogP) is 5.83. The summed E-state index contributed by atoms with van der Waals surface area (Å²) in [5, 5.41) is 5.26. The summed E-state index contributed by atoms with van der Waals surface area (Å²) < 4.78 is 51.5. The molecular weight excluding hydrogens is 475 g/mol. The van der Waals surface area contributed by atoms with Gasteiger partial charge in [-0.3, -0.25) is 4.99 Å². The summed E-state index contributed by atoms with van der Waals surface area (Å²) in [4.78, 5) is 17.0. The molecule has 0 bridgehead atoms. The van der Waals surface area contributed by atoms with Crippen molar-refractivity contribution >= 4 is 23.1 Å². The van der Waals surface area contributed by atoms with Crippen LogP contribution < -0.4 is 24.8 Å². The number of benzene rings is 3. The van der Waals surface area contributed by atoms with Crippen LogP contribution in [0.15, 0.2) is 65.7 Å². The first-order valence-electron chi connectivity index (χ1n) is 11.1. The van der Waals surface area contributed by atoms with Crippen LogP contribution in [0.3, 0.4) is 0 Å². The zero-order valence-electron chi connectivity index (χ0n) is 19.6. The van der Waals surface area contributed by atoms with E-state index in [1.807, 2.05) is 24.3 Å². The van der Waals surface area contributed by atoms with Crippen LogP contribution in [0.1, 0.15) is 16.7 Å². The Morgan fingerprint density at radius 1 is 0.917 bits per heavy atom. The van der Waals surface area contributed by atoms with E-state index in [4.69, 9.17) is 14.5 Å². The van der Waals surface area contributed by atoms with E-state index in [9.17, 15) is 18.0 Å². The maximum absolute atomic E-state index is 12.3. The number of aliphatic imine (C=N–C) groups is 1. The van der Waals surface area contributed by atoms with Crippen LogP contribution in [0, 0.1) is 0 Å². The lowest BCUT2D eigenvalue weighted by atomic mass is 9.93. The lowest BCUT2D eigenvalue weighted by Gasteiger charge is -2.20. The maximum atomic E-state index is 12.3. The number of nitrogens with one attached hydrogen (secondary N) is 2. The number of carbonyl (C=O) groups is 1. The van der Waals surface area contributed by atoms with Gasteiger partial charge in [0.1, 0.15) is 5.75 Å². The Balaban J connectivity index is 1.37. The highest BCUT2D eigenvalue weighted by atomic mass is 19.4. The molecule has 10 heteroatoms. The Labute approximate surface area is 205 Å². The minimum atomic E-state index is -4.77. The van der Waals surface area contributed by atoms with Crippen molar-refractivity contribution in [2.24, 2.45) is 4.99 Å². The minimum absolute atomic E-state index is 0.319. The molecule has 2 amide bonds. The first-order chi connectivity index (χ1) is 17.2. The predicted molar refractivity (Wildman–Crippen MR) is 131 cm³/mol. The lowest BCUT2D eigenvalue weighted by molar-refractivity contribution is -0.274. The molecule has 3 aromatic rings. The van der Waals surface area contributed by atoms with Gasteiger partial charge in [0.05, 0.1) is 14.2 Å². The standard InChI is InChI=1S/C26H24F3N3O4/c1-34-23-14-17-11-12-30-22(21(17)15-24(23)35-2)13-16-3-5-18(6-4-16)31-25(33)32-19-7-9-20(10-8-19)36-26(27,28)29/h3-10,14-15H,11-13H2,1-2H3,(H2,31,32,33). The molecule has 0 spiro atoms. The fourth-order valence-electron chi connectivity index (χ4n) is 3.88. The van der Waals surface area contributed by atoms with Crippen LogP contribution in [0.25, 0.3) is 0 Å². The Bertz CT molecular complexity index is 1260. The number of fused-ring (bicyclic) bond motifs is 1. The molecule has 0 unspecified atom stereocenters. The van der Waals surface area contributed by atoms with Crippen LogP contribution >= 0.6 is 0 Å². The summed E-state index contributed by atoms with van der Waals surface area (Å²) in [5.41, 5.74) is 5.04. The van der Waals surface area contributed by atoms with E-state index in [0.29, 0.717) is 35.8 Å². The van der Waals surface area contributed by atoms with Crippen molar-refractivity contribution in [1.29, 1.82) is 0 Å². The maximum Gasteiger partial charge on any atom is 0.573 e. The number of rotatable bonds is 7. The number of methoxy groups -OCH3 is 2. The minimum Gasteiger partial charge on any atom is -0.493 e. The normalized spacial score (nSPS) is 12.8. The number of halogens is 3. The Morgan fingerprint density at radius 3 is 2.08 bits per heavy atom. The topological polar surface area (TPSA) is 81.2 Å². The third-order valence-electron chi connectivity index (χ3n) is 5.53. The Morgan fingerprint density at radius 2 is 1.50 bits per heavy atom. The lowest BCUT2D eigenvalue weighted by Crippen LogP contribution is -2.20. The first kappa shape index (κ1) is 24.9. The molecule has 0 atom stereocenters. The van der Waals surface area contributed by atoms with Crippen molar-refractivity contribution in [2.45, 2.75) is 19.2 Å². The van der Waals surface area contributed by atoms with Crippen molar-refractivity contribution in [3.05, 3.63) is 77.4 Å². The van der Waals surface area contributed by atoms with E-state index in [2.05, 4.69) is 15.4 Å². The number of ether oxygens (including phenoxy) is 3. The first-order valence-corrected chi connectivity index (χ1v) is 11.1. The molecule has 1 aliphatic rings. The summed E-state index contributed by atoms with van der Waals surface area (Å²) in [6.07, 6.45) is -3.33. The fourth-order valence-corrected chi connectivity index (χ4v) is 3.88. The SMILES string of the molecule is COc1cc2c(cc1OC)C(Cc1ccc(NC(=O)Nc3ccc(OC(F)(F)F)cc3)cc1)=NCC2. The quantitative estimate of drug-likeness (QED) is 0.428. The van der Waals surface area contributed by atoms with Crippen molar-refractivity contribution in [3.8, 4) is 17.2 Å².